The van der Waals surface area contributed by atoms with Gasteiger partial charge in [0.2, 0.25) is 0 Å². The van der Waals surface area contributed by atoms with Crippen molar-refractivity contribution in [1.29, 1.82) is 0 Å². The molecule has 6 nitrogen and oxygen atoms in total. The Bertz CT molecular complexity index is 691. The number of piperidine rings is 1. The van der Waals surface area contributed by atoms with Crippen LogP contribution in [0.25, 0.3) is 0 Å². The lowest BCUT2D eigenvalue weighted by molar-refractivity contribution is 0.0689. The van der Waals surface area contributed by atoms with Gasteiger partial charge in [-0.05, 0) is 50.3 Å². The number of aromatic nitrogens is 3. The molecule has 0 saturated carbocycles. The van der Waals surface area contributed by atoms with Crippen molar-refractivity contribution in [2.24, 2.45) is 0 Å². The maximum atomic E-state index is 12.6. The summed E-state index contributed by atoms with van der Waals surface area (Å²) in [6.07, 6.45) is 4.90. The Hall–Kier alpha value is -1.86. The molecule has 0 radical (unpaired) electrons. The van der Waals surface area contributed by atoms with E-state index in [0.29, 0.717) is 18.8 Å². The van der Waals surface area contributed by atoms with Crippen molar-refractivity contribution in [2.75, 3.05) is 19.3 Å². The smallest absolute Gasteiger partial charge is 0.253 e. The molecule has 1 saturated heterocycles. The molecule has 3 rings (SSSR count). The fourth-order valence-electron chi connectivity index (χ4n) is 2.91. The molecule has 1 amide bonds. The third-order valence-corrected chi connectivity index (χ3v) is 5.16. The topological polar surface area (TPSA) is 71.2 Å². The number of hydrogen-bond acceptors (Lipinski definition) is 5. The van der Waals surface area contributed by atoms with Gasteiger partial charge in [-0.1, -0.05) is 5.21 Å². The van der Waals surface area contributed by atoms with Crippen LogP contribution in [0.5, 0.6) is 0 Å². The minimum Gasteiger partial charge on any atom is -0.387 e. The summed E-state index contributed by atoms with van der Waals surface area (Å²) in [4.78, 5) is 15.6. The largest absolute Gasteiger partial charge is 0.387 e. The molecular weight excluding hydrogens is 324 g/mol. The van der Waals surface area contributed by atoms with Crippen molar-refractivity contribution in [2.45, 2.75) is 36.8 Å². The second-order valence-electron chi connectivity index (χ2n) is 6.05. The van der Waals surface area contributed by atoms with Crippen LogP contribution in [-0.2, 0) is 0 Å². The van der Waals surface area contributed by atoms with Crippen LogP contribution >= 0.6 is 11.8 Å². The molecule has 2 aromatic rings. The number of carbonyl (C=O) groups is 1. The molecule has 7 heteroatoms. The SMILES string of the molecule is CSc1ccc(C(=O)N2CCC(n3cc([C@@H](C)O)nn3)CC2)cc1. The minimum absolute atomic E-state index is 0.0874. The highest BCUT2D eigenvalue weighted by atomic mass is 32.2. The van der Waals surface area contributed by atoms with Gasteiger partial charge in [-0.2, -0.15) is 0 Å². The third kappa shape index (κ3) is 3.62. The van der Waals surface area contributed by atoms with Gasteiger partial charge >= 0.3 is 0 Å². The lowest BCUT2D eigenvalue weighted by Gasteiger charge is -2.32. The predicted octanol–water partition coefficient (Wildman–Crippen LogP) is 2.53. The van der Waals surface area contributed by atoms with E-state index in [4.69, 9.17) is 0 Å². The molecule has 0 aliphatic carbocycles. The Morgan fingerprint density at radius 1 is 1.29 bits per heavy atom. The van der Waals surface area contributed by atoms with Gasteiger partial charge in [-0.25, -0.2) is 4.68 Å². The molecule has 0 spiro atoms. The summed E-state index contributed by atoms with van der Waals surface area (Å²) in [6, 6.07) is 7.99. The number of nitrogens with zero attached hydrogens (tertiary/aromatic N) is 4. The number of rotatable bonds is 4. The number of benzene rings is 1. The second-order valence-corrected chi connectivity index (χ2v) is 6.93. The van der Waals surface area contributed by atoms with E-state index in [0.717, 1.165) is 23.3 Å². The maximum Gasteiger partial charge on any atom is 0.253 e. The fourth-order valence-corrected chi connectivity index (χ4v) is 3.32. The van der Waals surface area contributed by atoms with Gasteiger partial charge in [0, 0.05) is 23.5 Å². The summed E-state index contributed by atoms with van der Waals surface area (Å²) in [6.45, 7) is 3.09. The summed E-state index contributed by atoms with van der Waals surface area (Å²) >= 11 is 1.67. The van der Waals surface area contributed by atoms with Crippen molar-refractivity contribution in [3.8, 4) is 0 Å². The number of aliphatic hydroxyl groups is 1. The molecule has 1 aliphatic rings. The van der Waals surface area contributed by atoms with Crippen LogP contribution in [0.2, 0.25) is 0 Å². The highest BCUT2D eigenvalue weighted by molar-refractivity contribution is 7.98. The average Bonchev–Trinajstić information content (AvgIpc) is 3.12. The zero-order valence-corrected chi connectivity index (χ0v) is 14.7. The van der Waals surface area contributed by atoms with E-state index < -0.39 is 6.10 Å². The molecule has 1 fully saturated rings. The Morgan fingerprint density at radius 2 is 1.96 bits per heavy atom. The molecule has 0 bridgehead atoms. The van der Waals surface area contributed by atoms with E-state index in [-0.39, 0.29) is 11.9 Å². The number of likely N-dealkylation sites (tertiary alicyclic amines) is 1. The lowest BCUT2D eigenvalue weighted by Crippen LogP contribution is -2.39. The molecule has 1 aliphatic heterocycles. The molecule has 2 heterocycles. The van der Waals surface area contributed by atoms with Gasteiger partial charge in [-0.15, -0.1) is 16.9 Å². The molecule has 128 valence electrons. The Morgan fingerprint density at radius 3 is 2.50 bits per heavy atom. The van der Waals surface area contributed by atoms with Gasteiger partial charge in [0.1, 0.15) is 5.69 Å². The Kier molecular flexibility index (Phi) is 5.20. The van der Waals surface area contributed by atoms with Crippen LogP contribution in [0.15, 0.2) is 35.4 Å². The lowest BCUT2D eigenvalue weighted by atomic mass is 10.0. The van der Waals surface area contributed by atoms with E-state index >= 15 is 0 Å². The van der Waals surface area contributed by atoms with Gasteiger partial charge < -0.3 is 10.0 Å². The molecular formula is C17H22N4O2S. The first-order valence-corrected chi connectivity index (χ1v) is 9.34. The maximum absolute atomic E-state index is 12.6. The highest BCUT2D eigenvalue weighted by Gasteiger charge is 2.25. The minimum atomic E-state index is -0.607. The van der Waals surface area contributed by atoms with Crippen LogP contribution in [0.3, 0.4) is 0 Å². The molecule has 1 N–H and O–H groups in total. The monoisotopic (exact) mass is 346 g/mol. The van der Waals surface area contributed by atoms with E-state index in [1.165, 1.54) is 0 Å². The predicted molar refractivity (Wildman–Crippen MR) is 93.1 cm³/mol. The van der Waals surface area contributed by atoms with Crippen LogP contribution in [0.4, 0.5) is 0 Å². The second kappa shape index (κ2) is 7.36. The Labute approximate surface area is 145 Å². The summed E-state index contributed by atoms with van der Waals surface area (Å²) in [5.74, 6) is 0.0874. The quantitative estimate of drug-likeness (QED) is 0.862. The first-order chi connectivity index (χ1) is 11.6. The van der Waals surface area contributed by atoms with Gasteiger partial charge in [0.15, 0.2) is 0 Å². The molecule has 1 atom stereocenters. The van der Waals surface area contributed by atoms with Crippen LogP contribution in [0.1, 0.15) is 48.0 Å². The van der Waals surface area contributed by atoms with E-state index in [1.54, 1.807) is 24.9 Å². The number of hydrogen-bond donors (Lipinski definition) is 1. The number of thioether (sulfide) groups is 1. The summed E-state index contributed by atoms with van der Waals surface area (Å²) in [5.41, 5.74) is 1.32. The molecule has 1 aromatic carbocycles. The third-order valence-electron chi connectivity index (χ3n) is 4.42. The number of aliphatic hydroxyl groups excluding tert-OH is 1. The van der Waals surface area contributed by atoms with Gasteiger partial charge in [-0.3, -0.25) is 4.79 Å². The standard InChI is InChI=1S/C17H22N4O2S/c1-12(22)16-11-21(19-18-16)14-7-9-20(10-8-14)17(23)13-3-5-15(24-2)6-4-13/h3-6,11-12,14,22H,7-10H2,1-2H3/t12-/m1/s1. The van der Waals surface area contributed by atoms with E-state index in [2.05, 4.69) is 10.3 Å². The first-order valence-electron chi connectivity index (χ1n) is 8.11. The van der Waals surface area contributed by atoms with Gasteiger partial charge in [0.05, 0.1) is 18.3 Å². The van der Waals surface area contributed by atoms with Crippen molar-refractivity contribution >= 4 is 17.7 Å². The number of amides is 1. The van der Waals surface area contributed by atoms with Crippen molar-refractivity contribution in [3.05, 3.63) is 41.7 Å². The summed E-state index contributed by atoms with van der Waals surface area (Å²) < 4.78 is 1.82. The van der Waals surface area contributed by atoms with Gasteiger partial charge in [0.25, 0.3) is 5.91 Å². The first kappa shape index (κ1) is 17.0. The van der Waals surface area contributed by atoms with Crippen LogP contribution in [-0.4, -0.2) is 50.3 Å². The van der Waals surface area contributed by atoms with Crippen LogP contribution in [0, 0.1) is 0 Å². The summed E-state index contributed by atoms with van der Waals surface area (Å²) in [5, 5.41) is 17.6. The molecule has 0 unspecified atom stereocenters. The highest BCUT2D eigenvalue weighted by Crippen LogP contribution is 2.24. The Balaban J connectivity index is 1.60. The van der Waals surface area contributed by atoms with Crippen molar-refractivity contribution in [3.63, 3.8) is 0 Å². The van der Waals surface area contributed by atoms with Crippen molar-refractivity contribution in [1.82, 2.24) is 19.9 Å². The normalized spacial score (nSPS) is 17.0. The molecule has 24 heavy (non-hydrogen) atoms. The zero-order chi connectivity index (χ0) is 17.1. The number of carbonyl (C=O) groups excluding carboxylic acids is 1. The average molecular weight is 346 g/mol. The van der Waals surface area contributed by atoms with Crippen molar-refractivity contribution < 1.29 is 9.90 Å². The van der Waals surface area contributed by atoms with Crippen LogP contribution < -0.4 is 0 Å². The summed E-state index contributed by atoms with van der Waals surface area (Å²) in [7, 11) is 0. The van der Waals surface area contributed by atoms with E-state index in [1.807, 2.05) is 40.1 Å². The fraction of sp³-hybridized carbons (Fsp3) is 0.471. The zero-order valence-electron chi connectivity index (χ0n) is 13.9. The molecule has 1 aromatic heterocycles. The van der Waals surface area contributed by atoms with E-state index in [9.17, 15) is 9.90 Å².